The van der Waals surface area contributed by atoms with E-state index in [4.69, 9.17) is 4.42 Å². The molecule has 1 N–H and O–H groups in total. The molecule has 0 amide bonds. The van der Waals surface area contributed by atoms with Gasteiger partial charge in [0.05, 0.1) is 10.9 Å². The summed E-state index contributed by atoms with van der Waals surface area (Å²) in [5.41, 5.74) is 4.19. The van der Waals surface area contributed by atoms with Crippen LogP contribution in [0, 0.1) is 0 Å². The molecular formula is C22H13NO. The number of aromatic amines is 1. The summed E-state index contributed by atoms with van der Waals surface area (Å²) in [6, 6.07) is 25.5. The van der Waals surface area contributed by atoms with E-state index in [9.17, 15) is 0 Å². The van der Waals surface area contributed by atoms with Gasteiger partial charge in [-0.1, -0.05) is 42.5 Å². The van der Waals surface area contributed by atoms with Crippen molar-refractivity contribution < 1.29 is 4.42 Å². The Labute approximate surface area is 137 Å². The lowest BCUT2D eigenvalue weighted by molar-refractivity contribution is 0.669. The predicted molar refractivity (Wildman–Crippen MR) is 101 cm³/mol. The number of para-hydroxylation sites is 1. The number of nitrogens with one attached hydrogen (secondary N) is 1. The van der Waals surface area contributed by atoms with Crippen molar-refractivity contribution in [2.75, 3.05) is 0 Å². The maximum absolute atomic E-state index is 6.01. The summed E-state index contributed by atoms with van der Waals surface area (Å²) in [5, 5.41) is 7.36. The van der Waals surface area contributed by atoms with Crippen molar-refractivity contribution >= 4 is 54.5 Å². The monoisotopic (exact) mass is 307 g/mol. The zero-order valence-electron chi connectivity index (χ0n) is 12.8. The Hall–Kier alpha value is -3.26. The van der Waals surface area contributed by atoms with Gasteiger partial charge < -0.3 is 9.40 Å². The highest BCUT2D eigenvalue weighted by Crippen LogP contribution is 2.38. The minimum Gasteiger partial charge on any atom is -0.456 e. The highest BCUT2D eigenvalue weighted by atomic mass is 16.3. The van der Waals surface area contributed by atoms with Gasteiger partial charge in [-0.3, -0.25) is 0 Å². The fourth-order valence-corrected chi connectivity index (χ4v) is 3.87. The lowest BCUT2D eigenvalue weighted by Gasteiger charge is -1.97. The average Bonchev–Trinajstić information content (AvgIpc) is 3.17. The predicted octanol–water partition coefficient (Wildman–Crippen LogP) is 6.37. The molecule has 2 heterocycles. The number of fused-ring (bicyclic) bond motifs is 8. The molecule has 6 aromatic rings. The standard InChI is InChI=1S/C22H13NO/c1-2-6-14-12-18-17(11-13(14)5-1)15-9-10-20-21(22(15)23-18)16-7-3-4-8-19(16)24-20/h1-12,23H. The van der Waals surface area contributed by atoms with Crippen molar-refractivity contribution in [2.24, 2.45) is 0 Å². The van der Waals surface area contributed by atoms with Crippen molar-refractivity contribution in [3.05, 3.63) is 72.8 Å². The van der Waals surface area contributed by atoms with Crippen LogP contribution in [0.15, 0.2) is 77.2 Å². The third-order valence-electron chi connectivity index (χ3n) is 4.98. The van der Waals surface area contributed by atoms with Crippen LogP contribution in [0.3, 0.4) is 0 Å². The molecular weight excluding hydrogens is 294 g/mol. The minimum absolute atomic E-state index is 0.930. The molecule has 0 bridgehead atoms. The van der Waals surface area contributed by atoms with Gasteiger partial charge in [0.25, 0.3) is 0 Å². The van der Waals surface area contributed by atoms with Crippen LogP contribution in [0.2, 0.25) is 0 Å². The molecule has 0 aliphatic heterocycles. The van der Waals surface area contributed by atoms with Crippen LogP contribution in [-0.2, 0) is 0 Å². The molecule has 0 radical (unpaired) electrons. The van der Waals surface area contributed by atoms with E-state index in [1.807, 2.05) is 12.1 Å². The van der Waals surface area contributed by atoms with E-state index in [-0.39, 0.29) is 0 Å². The summed E-state index contributed by atoms with van der Waals surface area (Å²) in [6.45, 7) is 0. The molecule has 0 unspecified atom stereocenters. The van der Waals surface area contributed by atoms with Crippen LogP contribution in [0.25, 0.3) is 54.5 Å². The highest BCUT2D eigenvalue weighted by Gasteiger charge is 2.14. The number of hydrogen-bond donors (Lipinski definition) is 1. The Morgan fingerprint density at radius 1 is 0.625 bits per heavy atom. The Bertz CT molecular complexity index is 1400. The lowest BCUT2D eigenvalue weighted by Crippen LogP contribution is -1.72. The van der Waals surface area contributed by atoms with Crippen molar-refractivity contribution in [2.45, 2.75) is 0 Å². The summed E-state index contributed by atoms with van der Waals surface area (Å²) in [5.74, 6) is 0. The molecule has 0 aliphatic rings. The van der Waals surface area contributed by atoms with Crippen LogP contribution in [-0.4, -0.2) is 4.98 Å². The fourth-order valence-electron chi connectivity index (χ4n) is 3.87. The first-order valence-electron chi connectivity index (χ1n) is 8.13. The second-order valence-electron chi connectivity index (χ2n) is 6.33. The number of hydrogen-bond acceptors (Lipinski definition) is 1. The topological polar surface area (TPSA) is 28.9 Å². The van der Waals surface area contributed by atoms with Gasteiger partial charge in [-0.25, -0.2) is 0 Å². The highest BCUT2D eigenvalue weighted by molar-refractivity contribution is 6.24. The molecule has 2 aromatic heterocycles. The minimum atomic E-state index is 0.930. The van der Waals surface area contributed by atoms with Crippen LogP contribution in [0.1, 0.15) is 0 Å². The van der Waals surface area contributed by atoms with Gasteiger partial charge in [-0.05, 0) is 41.1 Å². The average molecular weight is 307 g/mol. The van der Waals surface area contributed by atoms with E-state index in [1.54, 1.807) is 0 Å². The Morgan fingerprint density at radius 3 is 2.33 bits per heavy atom. The summed E-state index contributed by atoms with van der Waals surface area (Å²) < 4.78 is 6.01. The molecule has 112 valence electrons. The Kier molecular flexibility index (Phi) is 2.12. The van der Waals surface area contributed by atoms with Gasteiger partial charge >= 0.3 is 0 Å². The van der Waals surface area contributed by atoms with E-state index < -0.39 is 0 Å². The first kappa shape index (κ1) is 12.2. The lowest BCUT2D eigenvalue weighted by atomic mass is 10.0. The van der Waals surface area contributed by atoms with Gasteiger partial charge in [0.2, 0.25) is 0 Å². The van der Waals surface area contributed by atoms with E-state index in [0.717, 1.165) is 22.1 Å². The summed E-state index contributed by atoms with van der Waals surface area (Å²) in [7, 11) is 0. The first-order chi connectivity index (χ1) is 11.9. The summed E-state index contributed by atoms with van der Waals surface area (Å²) in [6.07, 6.45) is 0. The maximum atomic E-state index is 6.01. The number of benzene rings is 4. The number of furan rings is 1. The number of H-pyrrole nitrogens is 1. The molecule has 4 aromatic carbocycles. The summed E-state index contributed by atoms with van der Waals surface area (Å²) >= 11 is 0. The van der Waals surface area contributed by atoms with Gasteiger partial charge in [0, 0.05) is 21.7 Å². The Balaban J connectivity index is 1.88. The zero-order chi connectivity index (χ0) is 15.7. The second-order valence-corrected chi connectivity index (χ2v) is 6.33. The molecule has 0 saturated heterocycles. The second kappa shape index (κ2) is 4.18. The molecule has 0 fully saturated rings. The van der Waals surface area contributed by atoms with Crippen molar-refractivity contribution in [3.63, 3.8) is 0 Å². The van der Waals surface area contributed by atoms with Gasteiger partial charge in [-0.15, -0.1) is 0 Å². The fraction of sp³-hybridized carbons (Fsp3) is 0. The van der Waals surface area contributed by atoms with Gasteiger partial charge in [-0.2, -0.15) is 0 Å². The molecule has 24 heavy (non-hydrogen) atoms. The quantitative estimate of drug-likeness (QED) is 0.347. The molecule has 0 aliphatic carbocycles. The number of rotatable bonds is 0. The van der Waals surface area contributed by atoms with Gasteiger partial charge in [0.15, 0.2) is 0 Å². The van der Waals surface area contributed by atoms with Crippen molar-refractivity contribution in [1.82, 2.24) is 4.98 Å². The number of aromatic nitrogens is 1. The molecule has 0 atom stereocenters. The SMILES string of the molecule is c1ccc2cc3c(cc2c1)[nH]c1c3ccc2oc3ccccc3c21. The van der Waals surface area contributed by atoms with E-state index >= 15 is 0 Å². The van der Waals surface area contributed by atoms with E-state index in [0.29, 0.717) is 0 Å². The maximum Gasteiger partial charge on any atom is 0.137 e. The van der Waals surface area contributed by atoms with E-state index in [2.05, 4.69) is 65.6 Å². The zero-order valence-corrected chi connectivity index (χ0v) is 12.8. The normalized spacial score (nSPS) is 12.2. The van der Waals surface area contributed by atoms with Crippen molar-refractivity contribution in [3.8, 4) is 0 Å². The summed E-state index contributed by atoms with van der Waals surface area (Å²) in [4.78, 5) is 3.63. The van der Waals surface area contributed by atoms with Crippen LogP contribution >= 0.6 is 0 Å². The molecule has 2 heteroatoms. The first-order valence-corrected chi connectivity index (χ1v) is 8.13. The molecule has 0 spiro atoms. The van der Waals surface area contributed by atoms with Gasteiger partial charge in [0.1, 0.15) is 11.2 Å². The third kappa shape index (κ3) is 1.45. The molecule has 6 rings (SSSR count). The molecule has 0 saturated carbocycles. The van der Waals surface area contributed by atoms with Crippen LogP contribution in [0.5, 0.6) is 0 Å². The Morgan fingerprint density at radius 2 is 1.42 bits per heavy atom. The van der Waals surface area contributed by atoms with Crippen LogP contribution in [0.4, 0.5) is 0 Å². The van der Waals surface area contributed by atoms with Crippen LogP contribution < -0.4 is 0 Å². The van der Waals surface area contributed by atoms with Crippen molar-refractivity contribution in [1.29, 1.82) is 0 Å². The largest absolute Gasteiger partial charge is 0.456 e. The van der Waals surface area contributed by atoms with E-state index in [1.165, 1.54) is 32.4 Å². The third-order valence-corrected chi connectivity index (χ3v) is 4.98. The smallest absolute Gasteiger partial charge is 0.137 e. The molecule has 2 nitrogen and oxygen atoms in total.